The quantitative estimate of drug-likeness (QED) is 0.741. The number of aliphatic hydroxyl groups excluding tert-OH is 1. The highest BCUT2D eigenvalue weighted by Gasteiger charge is 2.49. The van der Waals surface area contributed by atoms with E-state index in [-0.39, 0.29) is 11.8 Å². The molecule has 2 atom stereocenters. The first-order valence-electron chi connectivity index (χ1n) is 8.08. The summed E-state index contributed by atoms with van der Waals surface area (Å²) in [6.45, 7) is 4.54. The zero-order valence-electron chi connectivity index (χ0n) is 12.5. The summed E-state index contributed by atoms with van der Waals surface area (Å²) in [6.07, 6.45) is 3.43. The molecule has 3 saturated heterocycles. The molecule has 3 aliphatic heterocycles. The van der Waals surface area contributed by atoms with Crippen LogP contribution < -0.4 is 5.32 Å². The number of hydrogen-bond acceptors (Lipinski definition) is 4. The third kappa shape index (κ3) is 2.79. The van der Waals surface area contributed by atoms with Gasteiger partial charge in [-0.25, -0.2) is 0 Å². The molecule has 3 heterocycles. The van der Waals surface area contributed by atoms with Crippen LogP contribution in [0.2, 0.25) is 0 Å². The molecule has 21 heavy (non-hydrogen) atoms. The predicted octanol–water partition coefficient (Wildman–Crippen LogP) is -0.428. The molecule has 2 N–H and O–H groups in total. The van der Waals surface area contributed by atoms with Crippen molar-refractivity contribution in [2.24, 2.45) is 5.41 Å². The highest BCUT2D eigenvalue weighted by Crippen LogP contribution is 2.37. The summed E-state index contributed by atoms with van der Waals surface area (Å²) in [5.41, 5.74) is -0.633. The summed E-state index contributed by atoms with van der Waals surface area (Å²) in [7, 11) is 0. The molecule has 3 fully saturated rings. The van der Waals surface area contributed by atoms with Crippen molar-refractivity contribution in [2.75, 3.05) is 39.3 Å². The molecular formula is C15H25N3O3. The monoisotopic (exact) mass is 295 g/mol. The Kier molecular flexibility index (Phi) is 4.17. The molecule has 0 aromatic rings. The standard InChI is InChI=1S/C15H25N3O3/c19-12-4-8-17(9-10-18-7-1-3-13(18)20)11-15(12)5-2-6-16-14(15)21/h12,19H,1-11H2,(H,16,21)/t12-,15+/m0/s1. The Balaban J connectivity index is 1.60. The van der Waals surface area contributed by atoms with E-state index in [0.29, 0.717) is 19.4 Å². The number of aliphatic hydroxyl groups is 1. The van der Waals surface area contributed by atoms with E-state index in [9.17, 15) is 14.7 Å². The zero-order valence-corrected chi connectivity index (χ0v) is 12.5. The fraction of sp³-hybridized carbons (Fsp3) is 0.867. The van der Waals surface area contributed by atoms with Crippen molar-refractivity contribution < 1.29 is 14.7 Å². The van der Waals surface area contributed by atoms with E-state index in [0.717, 1.165) is 52.0 Å². The van der Waals surface area contributed by atoms with Gasteiger partial charge in [-0.15, -0.1) is 0 Å². The Morgan fingerprint density at radius 1 is 1.24 bits per heavy atom. The van der Waals surface area contributed by atoms with E-state index in [1.165, 1.54) is 0 Å². The van der Waals surface area contributed by atoms with Crippen molar-refractivity contribution in [1.82, 2.24) is 15.1 Å². The van der Waals surface area contributed by atoms with E-state index < -0.39 is 11.5 Å². The molecule has 1 spiro atoms. The SMILES string of the molecule is O=C1CCCN1CCN1CC[C@H](O)[C@@]2(CCCNC2=O)C1. The largest absolute Gasteiger partial charge is 0.392 e. The van der Waals surface area contributed by atoms with Crippen molar-refractivity contribution in [3.63, 3.8) is 0 Å². The molecule has 0 aromatic carbocycles. The van der Waals surface area contributed by atoms with Crippen LogP contribution in [0.5, 0.6) is 0 Å². The number of carbonyl (C=O) groups is 2. The van der Waals surface area contributed by atoms with Gasteiger partial charge in [-0.1, -0.05) is 0 Å². The highest BCUT2D eigenvalue weighted by molar-refractivity contribution is 5.84. The maximum atomic E-state index is 12.3. The van der Waals surface area contributed by atoms with Crippen LogP contribution >= 0.6 is 0 Å². The van der Waals surface area contributed by atoms with Crippen LogP contribution in [0.1, 0.15) is 32.1 Å². The van der Waals surface area contributed by atoms with Crippen molar-refractivity contribution in [2.45, 2.75) is 38.2 Å². The van der Waals surface area contributed by atoms with E-state index >= 15 is 0 Å². The first-order chi connectivity index (χ1) is 10.1. The van der Waals surface area contributed by atoms with E-state index in [4.69, 9.17) is 0 Å². The van der Waals surface area contributed by atoms with Gasteiger partial charge in [-0.05, 0) is 25.7 Å². The maximum Gasteiger partial charge on any atom is 0.230 e. The molecule has 6 nitrogen and oxygen atoms in total. The summed E-state index contributed by atoms with van der Waals surface area (Å²) in [5, 5.41) is 13.3. The average Bonchev–Trinajstić information content (AvgIpc) is 2.89. The summed E-state index contributed by atoms with van der Waals surface area (Å²) in [6, 6.07) is 0. The fourth-order valence-electron chi connectivity index (χ4n) is 3.92. The second-order valence-corrected chi connectivity index (χ2v) is 6.58. The van der Waals surface area contributed by atoms with E-state index in [1.54, 1.807) is 0 Å². The van der Waals surface area contributed by atoms with Crippen molar-refractivity contribution in [3.8, 4) is 0 Å². The fourth-order valence-corrected chi connectivity index (χ4v) is 3.92. The van der Waals surface area contributed by atoms with Gasteiger partial charge < -0.3 is 20.2 Å². The third-order valence-corrected chi connectivity index (χ3v) is 5.26. The molecule has 0 saturated carbocycles. The number of rotatable bonds is 3. The van der Waals surface area contributed by atoms with E-state index in [2.05, 4.69) is 10.2 Å². The number of hydrogen-bond donors (Lipinski definition) is 2. The van der Waals surface area contributed by atoms with Crippen molar-refractivity contribution in [1.29, 1.82) is 0 Å². The van der Waals surface area contributed by atoms with Crippen LogP contribution in [-0.4, -0.2) is 72.1 Å². The predicted molar refractivity (Wildman–Crippen MR) is 77.6 cm³/mol. The highest BCUT2D eigenvalue weighted by atomic mass is 16.3. The minimum Gasteiger partial charge on any atom is -0.392 e. The molecule has 6 heteroatoms. The molecule has 0 unspecified atom stereocenters. The van der Waals surface area contributed by atoms with Gasteiger partial charge in [0.1, 0.15) is 0 Å². The van der Waals surface area contributed by atoms with Gasteiger partial charge in [-0.3, -0.25) is 9.59 Å². The molecule has 3 rings (SSSR count). The maximum absolute atomic E-state index is 12.3. The molecule has 2 amide bonds. The topological polar surface area (TPSA) is 72.9 Å². The Bertz CT molecular complexity index is 428. The minimum absolute atomic E-state index is 0.00296. The summed E-state index contributed by atoms with van der Waals surface area (Å²) in [5.74, 6) is 0.250. The number of nitrogens with one attached hydrogen (secondary N) is 1. The van der Waals surface area contributed by atoms with Crippen LogP contribution in [0, 0.1) is 5.41 Å². The lowest BCUT2D eigenvalue weighted by atomic mass is 9.71. The lowest BCUT2D eigenvalue weighted by Gasteiger charge is -2.47. The third-order valence-electron chi connectivity index (χ3n) is 5.26. The van der Waals surface area contributed by atoms with Crippen LogP contribution in [0.3, 0.4) is 0 Å². The number of likely N-dealkylation sites (tertiary alicyclic amines) is 2. The minimum atomic E-state index is -0.633. The van der Waals surface area contributed by atoms with Gasteiger partial charge >= 0.3 is 0 Å². The van der Waals surface area contributed by atoms with Crippen LogP contribution in [0.15, 0.2) is 0 Å². The lowest BCUT2D eigenvalue weighted by molar-refractivity contribution is -0.149. The first kappa shape index (κ1) is 14.8. The second-order valence-electron chi connectivity index (χ2n) is 6.58. The van der Waals surface area contributed by atoms with Gasteiger partial charge in [0.2, 0.25) is 11.8 Å². The van der Waals surface area contributed by atoms with Gasteiger partial charge in [0.15, 0.2) is 0 Å². The summed E-state index contributed by atoms with van der Waals surface area (Å²) in [4.78, 5) is 28.1. The smallest absolute Gasteiger partial charge is 0.230 e. The van der Waals surface area contributed by atoms with Gasteiger partial charge in [0.25, 0.3) is 0 Å². The second kappa shape index (κ2) is 5.93. The molecule has 3 aliphatic rings. The Hall–Kier alpha value is -1.14. The van der Waals surface area contributed by atoms with Crippen molar-refractivity contribution in [3.05, 3.63) is 0 Å². The Morgan fingerprint density at radius 3 is 2.81 bits per heavy atom. The van der Waals surface area contributed by atoms with Gasteiger partial charge in [0.05, 0.1) is 11.5 Å². The molecule has 0 radical (unpaired) electrons. The van der Waals surface area contributed by atoms with Crippen molar-refractivity contribution >= 4 is 11.8 Å². The number of carbonyl (C=O) groups excluding carboxylic acids is 2. The first-order valence-corrected chi connectivity index (χ1v) is 8.08. The number of piperidine rings is 2. The Labute approximate surface area is 125 Å². The average molecular weight is 295 g/mol. The number of nitrogens with zero attached hydrogens (tertiary/aromatic N) is 2. The molecular weight excluding hydrogens is 270 g/mol. The molecule has 0 aromatic heterocycles. The molecule has 0 aliphatic carbocycles. The summed E-state index contributed by atoms with van der Waals surface area (Å²) >= 11 is 0. The van der Waals surface area contributed by atoms with Crippen LogP contribution in [0.4, 0.5) is 0 Å². The van der Waals surface area contributed by atoms with Crippen LogP contribution in [0.25, 0.3) is 0 Å². The molecule has 118 valence electrons. The van der Waals surface area contributed by atoms with E-state index in [1.807, 2.05) is 4.90 Å². The summed E-state index contributed by atoms with van der Waals surface area (Å²) < 4.78 is 0. The zero-order chi connectivity index (χ0) is 14.9. The van der Waals surface area contributed by atoms with Gasteiger partial charge in [-0.2, -0.15) is 0 Å². The normalized spacial score (nSPS) is 34.5. The molecule has 0 bridgehead atoms. The number of amides is 2. The van der Waals surface area contributed by atoms with Gasteiger partial charge in [0, 0.05) is 45.7 Å². The Morgan fingerprint density at radius 2 is 2.10 bits per heavy atom. The van der Waals surface area contributed by atoms with Crippen LogP contribution in [-0.2, 0) is 9.59 Å². The lowest BCUT2D eigenvalue weighted by Crippen LogP contribution is -2.61.